The number of ether oxygens (including phenoxy) is 2. The van der Waals surface area contributed by atoms with Crippen molar-refractivity contribution in [3.8, 4) is 5.75 Å². The zero-order chi connectivity index (χ0) is 31.3. The minimum absolute atomic E-state index is 0.0107. The molecule has 6 nitrogen and oxygen atoms in total. The van der Waals surface area contributed by atoms with E-state index < -0.39 is 10.8 Å². The van der Waals surface area contributed by atoms with Crippen LogP contribution in [0.15, 0.2) is 95.0 Å². The summed E-state index contributed by atoms with van der Waals surface area (Å²) in [6, 6.07) is 17.5. The average molecular weight is 607 g/mol. The maximum Gasteiger partial charge on any atom is 0.340 e. The van der Waals surface area contributed by atoms with Gasteiger partial charge in [0.15, 0.2) is 0 Å². The molecule has 6 aliphatic rings. The summed E-state index contributed by atoms with van der Waals surface area (Å²) in [6.07, 6.45) is 10.9. The van der Waals surface area contributed by atoms with Crippen molar-refractivity contribution in [2.24, 2.45) is 28.6 Å². The van der Waals surface area contributed by atoms with Crippen LogP contribution in [0.4, 0.5) is 0 Å². The van der Waals surface area contributed by atoms with Crippen LogP contribution in [0.5, 0.6) is 5.75 Å². The van der Waals surface area contributed by atoms with Gasteiger partial charge >= 0.3 is 11.9 Å². The van der Waals surface area contributed by atoms with Gasteiger partial charge in [-0.15, -0.1) is 0 Å². The van der Waals surface area contributed by atoms with Crippen LogP contribution in [0.2, 0.25) is 0 Å². The maximum atomic E-state index is 14.3. The van der Waals surface area contributed by atoms with Crippen LogP contribution in [0.25, 0.3) is 5.57 Å². The Morgan fingerprint density at radius 2 is 1.80 bits per heavy atom. The van der Waals surface area contributed by atoms with Crippen LogP contribution in [-0.2, 0) is 25.5 Å². The third-order valence-electron chi connectivity index (χ3n) is 11.3. The first-order chi connectivity index (χ1) is 21.9. The number of esters is 2. The Hall–Kier alpha value is -3.90. The molecule has 1 spiro atoms. The highest BCUT2D eigenvalue weighted by atomic mass is 16.6. The largest absolute Gasteiger partial charge is 0.508 e. The third-order valence-corrected chi connectivity index (χ3v) is 11.3. The molecule has 2 aromatic rings. The summed E-state index contributed by atoms with van der Waals surface area (Å²) < 4.78 is 12.4. The van der Waals surface area contributed by atoms with Crippen molar-refractivity contribution in [2.45, 2.75) is 71.6 Å². The van der Waals surface area contributed by atoms with Gasteiger partial charge in [-0.1, -0.05) is 62.7 Å². The minimum atomic E-state index is -0.933. The summed E-state index contributed by atoms with van der Waals surface area (Å²) in [7, 11) is 0. The molecule has 0 radical (unpaired) electrons. The molecule has 2 N–H and O–H groups in total. The Bertz CT molecular complexity index is 1660. The highest BCUT2D eigenvalue weighted by Crippen LogP contribution is 2.78. The molecule has 2 aliphatic heterocycles. The van der Waals surface area contributed by atoms with Gasteiger partial charge in [0, 0.05) is 17.6 Å². The van der Waals surface area contributed by atoms with Crippen LogP contribution < -0.4 is 0 Å². The molecule has 234 valence electrons. The van der Waals surface area contributed by atoms with Crippen LogP contribution in [0, 0.1) is 28.6 Å². The molecule has 45 heavy (non-hydrogen) atoms. The van der Waals surface area contributed by atoms with E-state index in [4.69, 9.17) is 9.47 Å². The van der Waals surface area contributed by atoms with E-state index in [-0.39, 0.29) is 42.0 Å². The number of phenolic OH excluding ortho intramolecular Hbond substituents is 1. The molecule has 2 aromatic carbocycles. The molecule has 1 saturated carbocycles. The predicted octanol–water partition coefficient (Wildman–Crippen LogP) is 7.58. The number of hydrogen-bond acceptors (Lipinski definition) is 6. The Labute approximate surface area is 265 Å². The fourth-order valence-electron chi connectivity index (χ4n) is 9.66. The molecule has 2 heterocycles. The number of benzene rings is 2. The summed E-state index contributed by atoms with van der Waals surface area (Å²) in [4.78, 5) is 28.4. The lowest BCUT2D eigenvalue weighted by molar-refractivity contribution is -0.138. The van der Waals surface area contributed by atoms with Gasteiger partial charge in [-0.2, -0.15) is 0 Å². The molecular formula is C39H42O6. The van der Waals surface area contributed by atoms with Gasteiger partial charge in [-0.05, 0) is 110 Å². The second kappa shape index (κ2) is 11.5. The standard InChI is InChI=1S/C39H42O6/c1-3-5-14-31-29-15-16-30-28-17-18-39(38(30,19-20-40)34(29)36(42)44-31)32(22-24(4-2)21-25-10-7-6-8-11-25)45-37(43)35(39)33(28)26-12-9-13-27(41)23-26/h6-14,22-24,28,30,40-41H,3-5,15-21H2,1-2H3/b31-14-,32-22-/t24-,28-,30+,38-,39+/m1/s1. The quantitative estimate of drug-likeness (QED) is 0.286. The average Bonchev–Trinajstić information content (AvgIpc) is 3.53. The lowest BCUT2D eigenvalue weighted by Gasteiger charge is -2.64. The maximum absolute atomic E-state index is 14.3. The van der Waals surface area contributed by atoms with Crippen LogP contribution in [0.1, 0.15) is 76.3 Å². The fraction of sp³-hybridized carbons (Fsp3) is 0.436. The SMILES string of the molecule is CCC/C=C1\OC(=O)C2=C1CC[C@H]1[C@H]3CC[C@]4(C(=C3c3cccc(O)c3)C(=O)O/C4=C\[C@H](CC)Cc3ccccc3)[C@@]21CCO. The fourth-order valence-corrected chi connectivity index (χ4v) is 9.66. The summed E-state index contributed by atoms with van der Waals surface area (Å²) in [6.45, 7) is 4.13. The van der Waals surface area contributed by atoms with Gasteiger partial charge in [-0.25, -0.2) is 9.59 Å². The molecule has 2 fully saturated rings. The Morgan fingerprint density at radius 3 is 2.53 bits per heavy atom. The molecule has 0 unspecified atom stereocenters. The van der Waals surface area contributed by atoms with Crippen molar-refractivity contribution in [3.63, 3.8) is 0 Å². The van der Waals surface area contributed by atoms with E-state index in [0.717, 1.165) is 55.2 Å². The van der Waals surface area contributed by atoms with Crippen molar-refractivity contribution >= 4 is 17.5 Å². The lowest BCUT2D eigenvalue weighted by Crippen LogP contribution is -2.60. The number of allylic oxidation sites excluding steroid dienone is 5. The van der Waals surface area contributed by atoms with E-state index in [1.807, 2.05) is 36.4 Å². The van der Waals surface area contributed by atoms with E-state index >= 15 is 0 Å². The number of carbonyl (C=O) groups is 2. The predicted molar refractivity (Wildman–Crippen MR) is 171 cm³/mol. The first kappa shape index (κ1) is 29.8. The van der Waals surface area contributed by atoms with Crippen molar-refractivity contribution < 1.29 is 29.3 Å². The van der Waals surface area contributed by atoms with Crippen LogP contribution in [0.3, 0.4) is 0 Å². The lowest BCUT2D eigenvalue weighted by atomic mass is 9.36. The molecule has 2 bridgehead atoms. The molecule has 0 amide bonds. The van der Waals surface area contributed by atoms with Gasteiger partial charge in [0.05, 0.1) is 16.6 Å². The van der Waals surface area contributed by atoms with Crippen molar-refractivity contribution in [2.75, 3.05) is 6.61 Å². The third kappa shape index (κ3) is 4.32. The molecule has 4 aliphatic carbocycles. The first-order valence-corrected chi connectivity index (χ1v) is 16.7. The molecule has 8 rings (SSSR count). The van der Waals surface area contributed by atoms with E-state index in [2.05, 4.69) is 32.1 Å². The topological polar surface area (TPSA) is 93.1 Å². The summed E-state index contributed by atoms with van der Waals surface area (Å²) in [5, 5.41) is 21.3. The summed E-state index contributed by atoms with van der Waals surface area (Å²) >= 11 is 0. The first-order valence-electron chi connectivity index (χ1n) is 16.7. The number of rotatable bonds is 9. The Morgan fingerprint density at radius 1 is 1.00 bits per heavy atom. The van der Waals surface area contributed by atoms with E-state index in [1.54, 1.807) is 12.1 Å². The van der Waals surface area contributed by atoms with Crippen molar-refractivity contribution in [1.82, 2.24) is 0 Å². The van der Waals surface area contributed by atoms with E-state index in [0.29, 0.717) is 41.9 Å². The van der Waals surface area contributed by atoms with E-state index in [9.17, 15) is 19.8 Å². The number of aliphatic hydroxyl groups is 1. The van der Waals surface area contributed by atoms with Gasteiger partial charge in [0.25, 0.3) is 0 Å². The minimum Gasteiger partial charge on any atom is -0.508 e. The number of fused-ring (bicyclic) bond motifs is 1. The highest BCUT2D eigenvalue weighted by Gasteiger charge is 2.75. The highest BCUT2D eigenvalue weighted by molar-refractivity contribution is 6.07. The summed E-state index contributed by atoms with van der Waals surface area (Å²) in [5.41, 5.74) is 3.36. The molecule has 6 heteroatoms. The zero-order valence-corrected chi connectivity index (χ0v) is 26.2. The van der Waals surface area contributed by atoms with Crippen LogP contribution >= 0.6 is 0 Å². The number of phenols is 1. The van der Waals surface area contributed by atoms with Crippen molar-refractivity contribution in [3.05, 3.63) is 106 Å². The molecule has 0 aromatic heterocycles. The monoisotopic (exact) mass is 606 g/mol. The molecule has 5 atom stereocenters. The zero-order valence-electron chi connectivity index (χ0n) is 26.2. The molecular weight excluding hydrogens is 564 g/mol. The summed E-state index contributed by atoms with van der Waals surface area (Å²) in [5.74, 6) is 0.749. The number of hydrogen-bond donors (Lipinski definition) is 2. The Balaban J connectivity index is 1.51. The van der Waals surface area contributed by atoms with Crippen LogP contribution in [-0.4, -0.2) is 28.8 Å². The van der Waals surface area contributed by atoms with Gasteiger partial charge in [0.2, 0.25) is 0 Å². The second-order valence-electron chi connectivity index (χ2n) is 13.4. The van der Waals surface area contributed by atoms with Crippen molar-refractivity contribution in [1.29, 1.82) is 0 Å². The smallest absolute Gasteiger partial charge is 0.340 e. The number of aliphatic hydroxyl groups excluding tert-OH is 1. The van der Waals surface area contributed by atoms with Gasteiger partial charge < -0.3 is 19.7 Å². The van der Waals surface area contributed by atoms with Gasteiger partial charge in [0.1, 0.15) is 17.3 Å². The normalized spacial score (nSPS) is 30.8. The number of unbranched alkanes of at least 4 members (excludes halogenated alkanes) is 1. The molecule has 1 saturated heterocycles. The number of aromatic hydroxyl groups is 1. The Kier molecular flexibility index (Phi) is 7.60. The van der Waals surface area contributed by atoms with Gasteiger partial charge in [-0.3, -0.25) is 0 Å². The van der Waals surface area contributed by atoms with E-state index in [1.165, 1.54) is 5.56 Å². The second-order valence-corrected chi connectivity index (χ2v) is 13.4. The number of cyclic esters (lactones) is 2. The number of carbonyl (C=O) groups excluding carboxylic acids is 2.